The lowest BCUT2D eigenvalue weighted by atomic mass is 10.1. The molecule has 1 aromatic carbocycles. The molecule has 0 atom stereocenters. The van der Waals surface area contributed by atoms with Gasteiger partial charge in [-0.05, 0) is 25.0 Å². The maximum Gasteiger partial charge on any atom is 0.155 e. The Bertz CT molecular complexity index is 358. The zero-order valence-electron chi connectivity index (χ0n) is 8.53. The van der Waals surface area contributed by atoms with E-state index in [1.165, 1.54) is 0 Å². The van der Waals surface area contributed by atoms with Crippen LogP contribution in [0.4, 0.5) is 0 Å². The van der Waals surface area contributed by atoms with Crippen LogP contribution in [0.5, 0.6) is 0 Å². The highest BCUT2D eigenvalue weighted by Crippen LogP contribution is 2.02. The molecule has 0 radical (unpaired) electrons. The van der Waals surface area contributed by atoms with Crippen molar-refractivity contribution < 1.29 is 4.79 Å². The lowest BCUT2D eigenvalue weighted by Crippen LogP contribution is -1.89. The molecule has 0 N–H and O–H groups in total. The average Bonchev–Trinajstić information content (AvgIpc) is 2.19. The molecular weight excluding hydrogens is 172 g/mol. The van der Waals surface area contributed by atoms with E-state index in [0.29, 0.717) is 0 Å². The average molecular weight is 186 g/mol. The van der Waals surface area contributed by atoms with Gasteiger partial charge >= 0.3 is 0 Å². The summed E-state index contributed by atoms with van der Waals surface area (Å²) in [5.41, 5.74) is 1.91. The Morgan fingerprint density at radius 2 is 1.79 bits per heavy atom. The third kappa shape index (κ3) is 3.40. The molecule has 0 saturated carbocycles. The summed E-state index contributed by atoms with van der Waals surface area (Å²) in [6.07, 6.45) is 5.70. The molecule has 0 amide bonds. The molecule has 0 aliphatic rings. The van der Waals surface area contributed by atoms with Crippen LogP contribution in [-0.2, 0) is 4.79 Å². The van der Waals surface area contributed by atoms with Crippen LogP contribution in [0.2, 0.25) is 0 Å². The molecule has 14 heavy (non-hydrogen) atoms. The second-order valence-electron chi connectivity index (χ2n) is 3.18. The molecule has 1 heteroatoms. The molecule has 0 spiro atoms. The van der Waals surface area contributed by atoms with Gasteiger partial charge in [0.25, 0.3) is 0 Å². The topological polar surface area (TPSA) is 17.1 Å². The number of carbonyl (C=O) groups is 1. The van der Waals surface area contributed by atoms with Crippen LogP contribution >= 0.6 is 0 Å². The summed E-state index contributed by atoms with van der Waals surface area (Å²) >= 11 is 0. The Morgan fingerprint density at radius 1 is 1.14 bits per heavy atom. The van der Waals surface area contributed by atoms with E-state index in [1.54, 1.807) is 6.92 Å². The van der Waals surface area contributed by atoms with E-state index in [-0.39, 0.29) is 5.78 Å². The van der Waals surface area contributed by atoms with Crippen molar-refractivity contribution in [3.05, 3.63) is 53.6 Å². The maximum absolute atomic E-state index is 10.9. The highest BCUT2D eigenvalue weighted by Gasteiger charge is 1.91. The monoisotopic (exact) mass is 186 g/mol. The van der Waals surface area contributed by atoms with Crippen molar-refractivity contribution in [2.24, 2.45) is 0 Å². The van der Waals surface area contributed by atoms with Gasteiger partial charge in [-0.2, -0.15) is 0 Å². The number of ketones is 1. The number of benzene rings is 1. The second-order valence-corrected chi connectivity index (χ2v) is 3.18. The van der Waals surface area contributed by atoms with Gasteiger partial charge < -0.3 is 0 Å². The number of hydrogen-bond acceptors (Lipinski definition) is 1. The van der Waals surface area contributed by atoms with Crippen LogP contribution in [0.25, 0.3) is 6.08 Å². The van der Waals surface area contributed by atoms with Crippen LogP contribution < -0.4 is 0 Å². The van der Waals surface area contributed by atoms with Gasteiger partial charge in [-0.1, -0.05) is 48.6 Å². The van der Waals surface area contributed by atoms with E-state index in [1.807, 2.05) is 55.5 Å². The SMILES string of the molecule is CC(=O)/C(C)=C/C=Cc1ccccc1. The molecule has 1 aromatic rings. The summed E-state index contributed by atoms with van der Waals surface area (Å²) in [7, 11) is 0. The van der Waals surface area contributed by atoms with Gasteiger partial charge in [0.2, 0.25) is 0 Å². The first-order valence-corrected chi connectivity index (χ1v) is 4.61. The fourth-order valence-electron chi connectivity index (χ4n) is 0.985. The minimum atomic E-state index is 0.114. The molecule has 0 heterocycles. The van der Waals surface area contributed by atoms with Crippen LogP contribution in [0, 0.1) is 0 Å². The van der Waals surface area contributed by atoms with Crippen molar-refractivity contribution in [1.29, 1.82) is 0 Å². The minimum absolute atomic E-state index is 0.114. The fourth-order valence-corrected chi connectivity index (χ4v) is 0.985. The van der Waals surface area contributed by atoms with E-state index >= 15 is 0 Å². The van der Waals surface area contributed by atoms with Crippen molar-refractivity contribution in [2.45, 2.75) is 13.8 Å². The van der Waals surface area contributed by atoms with E-state index in [4.69, 9.17) is 0 Å². The van der Waals surface area contributed by atoms with Gasteiger partial charge in [0.15, 0.2) is 5.78 Å². The standard InChI is InChI=1S/C13H14O/c1-11(12(2)14)7-6-10-13-8-4-3-5-9-13/h3-10H,1-2H3/b10-6?,11-7+. The van der Waals surface area contributed by atoms with Crippen molar-refractivity contribution in [3.63, 3.8) is 0 Å². The minimum Gasteiger partial charge on any atom is -0.295 e. The van der Waals surface area contributed by atoms with E-state index in [0.717, 1.165) is 11.1 Å². The quantitative estimate of drug-likeness (QED) is 0.523. The summed E-state index contributed by atoms with van der Waals surface area (Å²) in [5, 5.41) is 0. The summed E-state index contributed by atoms with van der Waals surface area (Å²) < 4.78 is 0. The highest BCUT2D eigenvalue weighted by molar-refractivity contribution is 5.93. The zero-order chi connectivity index (χ0) is 10.4. The van der Waals surface area contributed by atoms with Crippen molar-refractivity contribution in [1.82, 2.24) is 0 Å². The highest BCUT2D eigenvalue weighted by atomic mass is 16.1. The van der Waals surface area contributed by atoms with Crippen LogP contribution in [0.3, 0.4) is 0 Å². The van der Waals surface area contributed by atoms with Crippen molar-refractivity contribution >= 4 is 11.9 Å². The molecule has 0 saturated heterocycles. The predicted molar refractivity (Wildman–Crippen MR) is 59.9 cm³/mol. The number of hydrogen-bond donors (Lipinski definition) is 0. The molecular formula is C13H14O. The van der Waals surface area contributed by atoms with Crippen LogP contribution in [0.15, 0.2) is 48.1 Å². The van der Waals surface area contributed by atoms with Gasteiger partial charge in [-0.25, -0.2) is 0 Å². The van der Waals surface area contributed by atoms with Gasteiger partial charge in [0.1, 0.15) is 0 Å². The molecule has 0 aromatic heterocycles. The van der Waals surface area contributed by atoms with Gasteiger partial charge in [-0.3, -0.25) is 4.79 Å². The number of allylic oxidation sites excluding steroid dienone is 3. The molecule has 0 fully saturated rings. The summed E-state index contributed by atoms with van der Waals surface area (Å²) in [6, 6.07) is 10.00. The molecule has 1 rings (SSSR count). The summed E-state index contributed by atoms with van der Waals surface area (Å²) in [6.45, 7) is 3.39. The van der Waals surface area contributed by atoms with E-state index in [9.17, 15) is 4.79 Å². The Hall–Kier alpha value is -1.63. The normalized spacial score (nSPS) is 12.0. The number of Topliss-reactive ketones (excluding diaryl/α,β-unsaturated/α-hetero) is 1. The lowest BCUT2D eigenvalue weighted by Gasteiger charge is -1.91. The summed E-state index contributed by atoms with van der Waals surface area (Å²) in [5.74, 6) is 0.114. The van der Waals surface area contributed by atoms with Crippen molar-refractivity contribution in [2.75, 3.05) is 0 Å². The first kappa shape index (κ1) is 10.5. The van der Waals surface area contributed by atoms with E-state index in [2.05, 4.69) is 0 Å². The van der Waals surface area contributed by atoms with Crippen LogP contribution in [-0.4, -0.2) is 5.78 Å². The molecule has 1 nitrogen and oxygen atoms in total. The predicted octanol–water partition coefficient (Wildman–Crippen LogP) is 3.24. The molecule has 0 unspecified atom stereocenters. The van der Waals surface area contributed by atoms with Crippen molar-refractivity contribution in [3.8, 4) is 0 Å². The third-order valence-electron chi connectivity index (χ3n) is 1.99. The Labute approximate surface area is 84.8 Å². The number of carbonyl (C=O) groups excluding carboxylic acids is 1. The molecule has 72 valence electrons. The Kier molecular flexibility index (Phi) is 3.86. The molecule has 0 aliphatic heterocycles. The zero-order valence-corrected chi connectivity index (χ0v) is 8.53. The second kappa shape index (κ2) is 5.18. The Balaban J connectivity index is 2.66. The van der Waals surface area contributed by atoms with Gasteiger partial charge in [0.05, 0.1) is 0 Å². The van der Waals surface area contributed by atoms with Gasteiger partial charge in [0, 0.05) is 0 Å². The van der Waals surface area contributed by atoms with Crippen LogP contribution in [0.1, 0.15) is 19.4 Å². The third-order valence-corrected chi connectivity index (χ3v) is 1.99. The van der Waals surface area contributed by atoms with Gasteiger partial charge in [-0.15, -0.1) is 0 Å². The first-order chi connectivity index (χ1) is 6.70. The maximum atomic E-state index is 10.9. The first-order valence-electron chi connectivity index (χ1n) is 4.61. The van der Waals surface area contributed by atoms with E-state index < -0.39 is 0 Å². The largest absolute Gasteiger partial charge is 0.295 e. The molecule has 0 bridgehead atoms. The summed E-state index contributed by atoms with van der Waals surface area (Å²) in [4.78, 5) is 10.9. The molecule has 0 aliphatic carbocycles. The lowest BCUT2D eigenvalue weighted by molar-refractivity contribution is -0.113. The number of rotatable bonds is 3. The Morgan fingerprint density at radius 3 is 2.36 bits per heavy atom. The smallest absolute Gasteiger partial charge is 0.155 e. The fraction of sp³-hybridized carbons (Fsp3) is 0.154.